The minimum absolute atomic E-state index is 0.0684. The number of benzene rings is 1. The molecule has 0 unspecified atom stereocenters. The highest BCUT2D eigenvalue weighted by Crippen LogP contribution is 2.29. The zero-order valence-electron chi connectivity index (χ0n) is 16.2. The average molecular weight is 384 g/mol. The second-order valence-electron chi connectivity index (χ2n) is 7.85. The predicted octanol–water partition coefficient (Wildman–Crippen LogP) is 3.30. The maximum Gasteiger partial charge on any atom is 0.261 e. The van der Waals surface area contributed by atoms with Gasteiger partial charge in [-0.3, -0.25) is 9.69 Å². The van der Waals surface area contributed by atoms with Gasteiger partial charge in [-0.1, -0.05) is 24.3 Å². The van der Waals surface area contributed by atoms with Gasteiger partial charge in [-0.25, -0.2) is 0 Å². The largest absolute Gasteiger partial charge is 0.347 e. The van der Waals surface area contributed by atoms with Crippen LogP contribution in [0.5, 0.6) is 0 Å². The number of carbonyl (C=O) groups excluding carboxylic acids is 1. The molecule has 2 heterocycles. The van der Waals surface area contributed by atoms with Gasteiger partial charge in [-0.2, -0.15) is 0 Å². The van der Waals surface area contributed by atoms with Crippen molar-refractivity contribution in [2.45, 2.75) is 38.8 Å². The van der Waals surface area contributed by atoms with Crippen LogP contribution in [0.4, 0.5) is 0 Å². The van der Waals surface area contributed by atoms with E-state index in [0.29, 0.717) is 6.54 Å². The van der Waals surface area contributed by atoms with Crippen molar-refractivity contribution in [2.24, 2.45) is 0 Å². The summed E-state index contributed by atoms with van der Waals surface area (Å²) in [6.45, 7) is 6.12. The number of likely N-dealkylation sites (N-methyl/N-ethyl adjacent to an activating group) is 1. The van der Waals surface area contributed by atoms with Crippen molar-refractivity contribution in [1.82, 2.24) is 15.1 Å². The van der Waals surface area contributed by atoms with Gasteiger partial charge in [-0.15, -0.1) is 11.3 Å². The third-order valence-electron chi connectivity index (χ3n) is 5.67. The smallest absolute Gasteiger partial charge is 0.261 e. The van der Waals surface area contributed by atoms with Crippen LogP contribution in [0.3, 0.4) is 0 Å². The molecule has 1 aliphatic heterocycles. The van der Waals surface area contributed by atoms with E-state index in [1.807, 2.05) is 0 Å². The number of piperazine rings is 1. The Bertz CT molecular complexity index is 769. The van der Waals surface area contributed by atoms with E-state index in [0.717, 1.165) is 50.4 Å². The molecule has 5 heteroatoms. The molecule has 0 atom stereocenters. The van der Waals surface area contributed by atoms with Crippen LogP contribution in [0, 0.1) is 0 Å². The van der Waals surface area contributed by atoms with Crippen molar-refractivity contribution >= 4 is 17.2 Å². The summed E-state index contributed by atoms with van der Waals surface area (Å²) in [5.74, 6) is 0.0684. The van der Waals surface area contributed by atoms with Crippen molar-refractivity contribution in [3.05, 3.63) is 56.8 Å². The number of hydrogen-bond acceptors (Lipinski definition) is 4. The normalized spacial score (nSPS) is 18.3. The summed E-state index contributed by atoms with van der Waals surface area (Å²) >= 11 is 1.68. The lowest BCUT2D eigenvalue weighted by Gasteiger charge is -2.32. The van der Waals surface area contributed by atoms with Crippen LogP contribution >= 0.6 is 11.3 Å². The minimum Gasteiger partial charge on any atom is -0.347 e. The summed E-state index contributed by atoms with van der Waals surface area (Å²) in [7, 11) is 2.19. The molecule has 1 saturated heterocycles. The SMILES string of the molecule is CN1CCN(Cc2cccc(CNC(=O)c3cc4c(s3)CCCC4)c2)CC1. The number of rotatable bonds is 5. The Kier molecular flexibility index (Phi) is 5.91. The maximum absolute atomic E-state index is 12.6. The van der Waals surface area contributed by atoms with Crippen LogP contribution in [0.1, 0.15) is 44.1 Å². The molecule has 144 valence electrons. The first-order chi connectivity index (χ1) is 13.2. The van der Waals surface area contributed by atoms with Crippen LogP contribution < -0.4 is 5.32 Å². The van der Waals surface area contributed by atoms with Crippen LogP contribution in [-0.2, 0) is 25.9 Å². The third kappa shape index (κ3) is 4.78. The maximum atomic E-state index is 12.6. The van der Waals surface area contributed by atoms with Crippen molar-refractivity contribution in [3.63, 3.8) is 0 Å². The zero-order chi connectivity index (χ0) is 18.6. The van der Waals surface area contributed by atoms with Gasteiger partial charge in [0.05, 0.1) is 4.88 Å². The molecule has 4 rings (SSSR count). The van der Waals surface area contributed by atoms with Gasteiger partial charge in [0.1, 0.15) is 0 Å². The molecule has 1 amide bonds. The Balaban J connectivity index is 1.33. The molecule has 27 heavy (non-hydrogen) atoms. The summed E-state index contributed by atoms with van der Waals surface area (Å²) in [6, 6.07) is 10.7. The molecule has 1 aromatic carbocycles. The van der Waals surface area contributed by atoms with Crippen molar-refractivity contribution in [1.29, 1.82) is 0 Å². The summed E-state index contributed by atoms with van der Waals surface area (Å²) < 4.78 is 0. The van der Waals surface area contributed by atoms with E-state index < -0.39 is 0 Å². The molecule has 1 aromatic heterocycles. The topological polar surface area (TPSA) is 35.6 Å². The Morgan fingerprint density at radius 1 is 1.07 bits per heavy atom. The fraction of sp³-hybridized carbons (Fsp3) is 0.500. The molecule has 1 N–H and O–H groups in total. The molecule has 1 aliphatic carbocycles. The lowest BCUT2D eigenvalue weighted by atomic mass is 9.99. The number of nitrogens with one attached hydrogen (secondary N) is 1. The van der Waals surface area contributed by atoms with E-state index in [-0.39, 0.29) is 5.91 Å². The highest BCUT2D eigenvalue weighted by Gasteiger charge is 2.17. The van der Waals surface area contributed by atoms with Crippen LogP contribution in [0.25, 0.3) is 0 Å². The number of aryl methyl sites for hydroxylation is 2. The Morgan fingerprint density at radius 3 is 2.67 bits per heavy atom. The number of amides is 1. The Morgan fingerprint density at radius 2 is 1.85 bits per heavy atom. The number of fused-ring (bicyclic) bond motifs is 1. The van der Waals surface area contributed by atoms with Gasteiger partial charge in [0.2, 0.25) is 0 Å². The zero-order valence-corrected chi connectivity index (χ0v) is 17.0. The predicted molar refractivity (Wildman–Crippen MR) is 111 cm³/mol. The van der Waals surface area contributed by atoms with Gasteiger partial charge in [0, 0.05) is 44.1 Å². The molecule has 1 fully saturated rings. The van der Waals surface area contributed by atoms with Gasteiger partial charge < -0.3 is 10.2 Å². The first-order valence-corrected chi connectivity index (χ1v) is 10.9. The summed E-state index contributed by atoms with van der Waals surface area (Å²) in [5.41, 5.74) is 3.90. The first-order valence-electron chi connectivity index (χ1n) is 10.1. The highest BCUT2D eigenvalue weighted by atomic mass is 32.1. The molecular weight excluding hydrogens is 354 g/mol. The molecule has 0 bridgehead atoms. The second-order valence-corrected chi connectivity index (χ2v) is 8.98. The van der Waals surface area contributed by atoms with E-state index in [9.17, 15) is 4.79 Å². The lowest BCUT2D eigenvalue weighted by Crippen LogP contribution is -2.43. The fourth-order valence-corrected chi connectivity index (χ4v) is 5.14. The van der Waals surface area contributed by atoms with E-state index in [4.69, 9.17) is 0 Å². The monoisotopic (exact) mass is 383 g/mol. The standard InChI is InChI=1S/C22H29N3OS/c1-24-9-11-25(12-10-24)16-18-6-4-5-17(13-18)15-23-22(26)21-14-19-7-2-3-8-20(19)27-21/h4-6,13-14H,2-3,7-12,15-16H2,1H3,(H,23,26). The Labute approximate surface area is 166 Å². The molecule has 0 radical (unpaired) electrons. The Hall–Kier alpha value is -1.69. The van der Waals surface area contributed by atoms with E-state index >= 15 is 0 Å². The van der Waals surface area contributed by atoms with Crippen molar-refractivity contribution < 1.29 is 4.79 Å². The van der Waals surface area contributed by atoms with Gasteiger partial charge >= 0.3 is 0 Å². The summed E-state index contributed by atoms with van der Waals surface area (Å²) in [5, 5.41) is 3.11. The fourth-order valence-electron chi connectivity index (χ4n) is 3.97. The van der Waals surface area contributed by atoms with Gasteiger partial charge in [-0.05, 0) is 55.5 Å². The molecule has 2 aromatic rings. The van der Waals surface area contributed by atoms with Crippen molar-refractivity contribution in [2.75, 3.05) is 33.2 Å². The van der Waals surface area contributed by atoms with E-state index in [1.54, 1.807) is 11.3 Å². The number of nitrogens with zero attached hydrogens (tertiary/aromatic N) is 2. The minimum atomic E-state index is 0.0684. The van der Waals surface area contributed by atoms with E-state index in [2.05, 4.69) is 52.5 Å². The molecule has 0 saturated carbocycles. The van der Waals surface area contributed by atoms with Crippen molar-refractivity contribution in [3.8, 4) is 0 Å². The molecule has 0 spiro atoms. The first kappa shape index (κ1) is 18.7. The average Bonchev–Trinajstić information content (AvgIpc) is 3.13. The number of thiophene rings is 1. The van der Waals surface area contributed by atoms with Crippen LogP contribution in [0.15, 0.2) is 30.3 Å². The lowest BCUT2D eigenvalue weighted by molar-refractivity contribution is 0.0955. The van der Waals surface area contributed by atoms with Crippen LogP contribution in [0.2, 0.25) is 0 Å². The van der Waals surface area contributed by atoms with Gasteiger partial charge in [0.15, 0.2) is 0 Å². The molecular formula is C22H29N3OS. The highest BCUT2D eigenvalue weighted by molar-refractivity contribution is 7.14. The summed E-state index contributed by atoms with van der Waals surface area (Å²) in [4.78, 5) is 19.7. The molecule has 2 aliphatic rings. The second kappa shape index (κ2) is 8.55. The molecule has 4 nitrogen and oxygen atoms in total. The quantitative estimate of drug-likeness (QED) is 0.860. The van der Waals surface area contributed by atoms with E-state index in [1.165, 1.54) is 34.4 Å². The third-order valence-corrected chi connectivity index (χ3v) is 6.90. The number of hydrogen-bond donors (Lipinski definition) is 1. The van der Waals surface area contributed by atoms with Gasteiger partial charge in [0.25, 0.3) is 5.91 Å². The van der Waals surface area contributed by atoms with Crippen LogP contribution in [-0.4, -0.2) is 48.9 Å². The number of carbonyl (C=O) groups is 1. The summed E-state index contributed by atoms with van der Waals surface area (Å²) in [6.07, 6.45) is 4.79.